The van der Waals surface area contributed by atoms with E-state index in [1.807, 2.05) is 35.0 Å². The summed E-state index contributed by atoms with van der Waals surface area (Å²) in [5.41, 5.74) is 7.55. The quantitative estimate of drug-likeness (QED) is 0.536. The fraction of sp³-hybridized carbons (Fsp3) is 0.227. The lowest BCUT2D eigenvalue weighted by Gasteiger charge is -2.23. The van der Waals surface area contributed by atoms with E-state index in [0.717, 1.165) is 25.9 Å². The van der Waals surface area contributed by atoms with E-state index in [0.29, 0.717) is 33.8 Å². The van der Waals surface area contributed by atoms with Gasteiger partial charge in [-0.3, -0.25) is 0 Å². The van der Waals surface area contributed by atoms with Crippen LogP contribution in [-0.4, -0.2) is 32.8 Å². The molecule has 3 heterocycles. The molecule has 5 rings (SSSR count). The first kappa shape index (κ1) is 18.5. The maximum absolute atomic E-state index is 15.1. The fourth-order valence-electron chi connectivity index (χ4n) is 3.86. The predicted octanol–water partition coefficient (Wildman–Crippen LogP) is 3.93. The van der Waals surface area contributed by atoms with Crippen molar-refractivity contribution in [3.05, 3.63) is 60.7 Å². The number of piperidine rings is 1. The molecule has 0 spiro atoms. The Morgan fingerprint density at radius 1 is 1.10 bits per heavy atom. The van der Waals surface area contributed by atoms with E-state index in [9.17, 15) is 0 Å². The van der Waals surface area contributed by atoms with Crippen LogP contribution < -0.4 is 15.8 Å². The minimum atomic E-state index is -0.444. The standard InChI is InChI=1S/C22H21FN6O/c23-18-11-16(30-15-6-2-1-3-7-15)8-9-17(18)20-19-21(24)26-13-27-22(19)29(28-20)14-5-4-10-25-12-14/h1-3,6-9,11,13-14,25H,4-5,10,12H2,(H2,24,26,27)/t14-/m0/s1. The van der Waals surface area contributed by atoms with Crippen molar-refractivity contribution >= 4 is 16.9 Å². The number of hydrogen-bond donors (Lipinski definition) is 2. The van der Waals surface area contributed by atoms with Crippen molar-refractivity contribution in [3.8, 4) is 22.8 Å². The summed E-state index contributed by atoms with van der Waals surface area (Å²) in [6.07, 6.45) is 3.43. The summed E-state index contributed by atoms with van der Waals surface area (Å²) in [6.45, 7) is 1.77. The van der Waals surface area contributed by atoms with Crippen molar-refractivity contribution < 1.29 is 9.13 Å². The Kier molecular flexibility index (Phi) is 4.76. The number of hydrogen-bond acceptors (Lipinski definition) is 6. The largest absolute Gasteiger partial charge is 0.457 e. The lowest BCUT2D eigenvalue weighted by molar-refractivity contribution is 0.354. The van der Waals surface area contributed by atoms with Gasteiger partial charge in [-0.1, -0.05) is 18.2 Å². The van der Waals surface area contributed by atoms with Gasteiger partial charge in [0.25, 0.3) is 0 Å². The van der Waals surface area contributed by atoms with Gasteiger partial charge in [-0.25, -0.2) is 19.0 Å². The monoisotopic (exact) mass is 404 g/mol. The zero-order valence-electron chi connectivity index (χ0n) is 16.3. The van der Waals surface area contributed by atoms with Gasteiger partial charge in [0, 0.05) is 18.2 Å². The van der Waals surface area contributed by atoms with Crippen LogP contribution in [0.15, 0.2) is 54.9 Å². The highest BCUT2D eigenvalue weighted by Crippen LogP contribution is 2.35. The molecular formula is C22H21FN6O. The van der Waals surface area contributed by atoms with Gasteiger partial charge in [0.05, 0.1) is 11.4 Å². The number of halogens is 1. The molecule has 0 saturated carbocycles. The van der Waals surface area contributed by atoms with E-state index in [4.69, 9.17) is 15.6 Å². The number of nitrogens with zero attached hydrogens (tertiary/aromatic N) is 4. The Hall–Kier alpha value is -3.52. The third-order valence-corrected chi connectivity index (χ3v) is 5.31. The molecule has 1 aliphatic heterocycles. The Morgan fingerprint density at radius 2 is 1.97 bits per heavy atom. The number of nitrogens with two attached hydrogens (primary N) is 1. The molecule has 1 saturated heterocycles. The van der Waals surface area contributed by atoms with Crippen LogP contribution in [0.2, 0.25) is 0 Å². The summed E-state index contributed by atoms with van der Waals surface area (Å²) in [4.78, 5) is 8.51. The number of nitrogen functional groups attached to an aromatic ring is 1. The zero-order chi connectivity index (χ0) is 20.5. The third-order valence-electron chi connectivity index (χ3n) is 5.31. The number of rotatable bonds is 4. The molecule has 8 heteroatoms. The lowest BCUT2D eigenvalue weighted by Crippen LogP contribution is -2.32. The SMILES string of the molecule is Nc1ncnc2c1c(-c1ccc(Oc3ccccc3)cc1F)nn2[C@H]1CCCNC1. The molecule has 0 aliphatic carbocycles. The van der Waals surface area contributed by atoms with Gasteiger partial charge in [0.2, 0.25) is 0 Å². The molecular weight excluding hydrogens is 383 g/mol. The smallest absolute Gasteiger partial charge is 0.164 e. The number of para-hydroxylation sites is 1. The molecule has 3 N–H and O–H groups in total. The van der Waals surface area contributed by atoms with Crippen LogP contribution in [-0.2, 0) is 0 Å². The van der Waals surface area contributed by atoms with Gasteiger partial charge in [0.1, 0.15) is 35.2 Å². The first-order valence-electron chi connectivity index (χ1n) is 9.93. The van der Waals surface area contributed by atoms with Crippen molar-refractivity contribution in [2.75, 3.05) is 18.8 Å². The van der Waals surface area contributed by atoms with Gasteiger partial charge in [-0.15, -0.1) is 0 Å². The van der Waals surface area contributed by atoms with E-state index in [1.165, 1.54) is 12.4 Å². The highest BCUT2D eigenvalue weighted by Gasteiger charge is 2.24. The second-order valence-electron chi connectivity index (χ2n) is 7.31. The summed E-state index contributed by atoms with van der Waals surface area (Å²) in [6, 6.07) is 14.1. The van der Waals surface area contributed by atoms with Crippen LogP contribution in [0.4, 0.5) is 10.2 Å². The molecule has 2 aromatic heterocycles. The number of nitrogens with one attached hydrogen (secondary N) is 1. The van der Waals surface area contributed by atoms with E-state index in [1.54, 1.807) is 12.1 Å². The maximum Gasteiger partial charge on any atom is 0.164 e. The van der Waals surface area contributed by atoms with Gasteiger partial charge in [-0.2, -0.15) is 5.10 Å². The van der Waals surface area contributed by atoms with Crippen LogP contribution in [0.1, 0.15) is 18.9 Å². The minimum absolute atomic E-state index is 0.132. The van der Waals surface area contributed by atoms with Crippen molar-refractivity contribution in [2.45, 2.75) is 18.9 Å². The Labute approximate surface area is 172 Å². The minimum Gasteiger partial charge on any atom is -0.457 e. The number of ether oxygens (including phenoxy) is 1. The Bertz CT molecular complexity index is 1190. The first-order chi connectivity index (χ1) is 14.7. The molecule has 30 heavy (non-hydrogen) atoms. The van der Waals surface area contributed by atoms with E-state index < -0.39 is 5.82 Å². The molecule has 0 bridgehead atoms. The van der Waals surface area contributed by atoms with E-state index in [-0.39, 0.29) is 11.9 Å². The first-order valence-corrected chi connectivity index (χ1v) is 9.93. The molecule has 1 fully saturated rings. The summed E-state index contributed by atoms with van der Waals surface area (Å²) in [5, 5.41) is 8.68. The van der Waals surface area contributed by atoms with Crippen molar-refractivity contribution in [2.24, 2.45) is 0 Å². The number of aromatic nitrogens is 4. The zero-order valence-corrected chi connectivity index (χ0v) is 16.3. The summed E-state index contributed by atoms with van der Waals surface area (Å²) < 4.78 is 22.7. The molecule has 4 aromatic rings. The van der Waals surface area contributed by atoms with E-state index in [2.05, 4.69) is 15.3 Å². The van der Waals surface area contributed by atoms with Crippen molar-refractivity contribution in [1.82, 2.24) is 25.1 Å². The molecule has 1 atom stereocenters. The molecule has 1 aliphatic rings. The summed E-state index contributed by atoms with van der Waals surface area (Å²) in [5.74, 6) is 0.891. The molecule has 0 amide bonds. The van der Waals surface area contributed by atoms with Crippen LogP contribution in [0, 0.1) is 5.82 Å². The lowest BCUT2D eigenvalue weighted by atomic mass is 10.1. The highest BCUT2D eigenvalue weighted by molar-refractivity contribution is 5.98. The number of anilines is 1. The van der Waals surface area contributed by atoms with Crippen LogP contribution >= 0.6 is 0 Å². The highest BCUT2D eigenvalue weighted by atomic mass is 19.1. The average Bonchev–Trinajstić information content (AvgIpc) is 3.16. The second kappa shape index (κ2) is 7.72. The summed E-state index contributed by atoms with van der Waals surface area (Å²) >= 11 is 0. The third kappa shape index (κ3) is 3.35. The second-order valence-corrected chi connectivity index (χ2v) is 7.31. The Morgan fingerprint density at radius 3 is 2.73 bits per heavy atom. The predicted molar refractivity (Wildman–Crippen MR) is 113 cm³/mol. The molecule has 0 unspecified atom stereocenters. The van der Waals surface area contributed by atoms with Gasteiger partial charge in [0.15, 0.2) is 5.65 Å². The molecule has 0 radical (unpaired) electrons. The maximum atomic E-state index is 15.1. The number of fused-ring (bicyclic) bond motifs is 1. The average molecular weight is 404 g/mol. The normalized spacial score (nSPS) is 16.6. The number of benzene rings is 2. The topological polar surface area (TPSA) is 90.9 Å². The summed E-state index contributed by atoms with van der Waals surface area (Å²) in [7, 11) is 0. The molecule has 2 aromatic carbocycles. The molecule has 7 nitrogen and oxygen atoms in total. The van der Waals surface area contributed by atoms with Crippen LogP contribution in [0.25, 0.3) is 22.3 Å². The van der Waals surface area contributed by atoms with Crippen LogP contribution in [0.3, 0.4) is 0 Å². The van der Waals surface area contributed by atoms with Gasteiger partial charge >= 0.3 is 0 Å². The van der Waals surface area contributed by atoms with Crippen LogP contribution in [0.5, 0.6) is 11.5 Å². The van der Waals surface area contributed by atoms with Crippen molar-refractivity contribution in [1.29, 1.82) is 0 Å². The fourth-order valence-corrected chi connectivity index (χ4v) is 3.86. The molecule has 152 valence electrons. The van der Waals surface area contributed by atoms with Gasteiger partial charge in [-0.05, 0) is 43.7 Å². The van der Waals surface area contributed by atoms with Gasteiger partial charge < -0.3 is 15.8 Å². The van der Waals surface area contributed by atoms with E-state index >= 15 is 4.39 Å². The van der Waals surface area contributed by atoms with Crippen molar-refractivity contribution in [3.63, 3.8) is 0 Å². The Balaban J connectivity index is 1.57.